The molecule has 0 spiro atoms. The molecule has 4 heteroatoms. The molecule has 1 rings (SSSR count). The summed E-state index contributed by atoms with van der Waals surface area (Å²) in [6.07, 6.45) is 1.56. The van der Waals surface area contributed by atoms with Crippen LogP contribution < -0.4 is 0 Å². The minimum atomic E-state index is -1.26. The fourth-order valence-electron chi connectivity index (χ4n) is 0.614. The molecule has 1 aromatic heterocycles. The molecule has 0 aliphatic carbocycles. The van der Waals surface area contributed by atoms with E-state index in [4.69, 9.17) is 5.26 Å². The van der Waals surface area contributed by atoms with Gasteiger partial charge < -0.3 is 0 Å². The Hall–Kier alpha value is -1.21. The molecule has 11 heavy (non-hydrogen) atoms. The van der Waals surface area contributed by atoms with Gasteiger partial charge in [0.1, 0.15) is 10.8 Å². The fraction of sp³-hybridized carbons (Fsp3) is 0.143. The van der Waals surface area contributed by atoms with E-state index in [1.54, 1.807) is 24.4 Å². The highest BCUT2D eigenvalue weighted by Gasteiger charge is 2.01. The number of nitrogens with zero attached hydrogens (tertiary/aromatic N) is 2. The van der Waals surface area contributed by atoms with Crippen LogP contribution in [0.1, 0.15) is 0 Å². The number of pyridine rings is 1. The summed E-state index contributed by atoms with van der Waals surface area (Å²) in [5.74, 6) is 0.0109. The molecule has 0 N–H and O–H groups in total. The number of nitriles is 1. The van der Waals surface area contributed by atoms with Gasteiger partial charge in [-0.05, 0) is 12.1 Å². The SMILES string of the molecule is N#CC[S@@](=O)c1ccccn1. The molecule has 0 amide bonds. The van der Waals surface area contributed by atoms with Crippen molar-refractivity contribution in [1.82, 2.24) is 4.98 Å². The predicted molar refractivity (Wildman–Crippen MR) is 41.1 cm³/mol. The van der Waals surface area contributed by atoms with E-state index in [0.717, 1.165) is 0 Å². The summed E-state index contributed by atoms with van der Waals surface area (Å²) in [4.78, 5) is 3.85. The monoisotopic (exact) mass is 166 g/mol. The first-order valence-electron chi connectivity index (χ1n) is 3.01. The number of rotatable bonds is 2. The second kappa shape index (κ2) is 3.84. The molecule has 1 heterocycles. The maximum absolute atomic E-state index is 11.1. The lowest BCUT2D eigenvalue weighted by molar-refractivity contribution is 0.682. The smallest absolute Gasteiger partial charge is 0.128 e. The van der Waals surface area contributed by atoms with Crippen LogP contribution in [-0.2, 0) is 10.8 Å². The second-order valence-electron chi connectivity index (χ2n) is 1.82. The van der Waals surface area contributed by atoms with Gasteiger partial charge in [0, 0.05) is 6.20 Å². The Bertz CT molecular complexity index is 291. The van der Waals surface area contributed by atoms with Crippen molar-refractivity contribution in [2.75, 3.05) is 5.75 Å². The van der Waals surface area contributed by atoms with E-state index in [1.807, 2.05) is 6.07 Å². The van der Waals surface area contributed by atoms with Gasteiger partial charge in [0.15, 0.2) is 0 Å². The second-order valence-corrected chi connectivity index (χ2v) is 3.21. The largest absolute Gasteiger partial charge is 0.252 e. The molecular formula is C7H6N2OS. The Morgan fingerprint density at radius 3 is 3.00 bits per heavy atom. The van der Waals surface area contributed by atoms with Crippen molar-refractivity contribution in [3.05, 3.63) is 24.4 Å². The van der Waals surface area contributed by atoms with Crippen molar-refractivity contribution in [3.63, 3.8) is 0 Å². The highest BCUT2D eigenvalue weighted by atomic mass is 32.2. The van der Waals surface area contributed by atoms with E-state index in [9.17, 15) is 4.21 Å². The third-order valence-electron chi connectivity index (χ3n) is 1.07. The molecule has 0 unspecified atom stereocenters. The quantitative estimate of drug-likeness (QED) is 0.650. The lowest BCUT2D eigenvalue weighted by atomic mass is 10.5. The average Bonchev–Trinajstić information content (AvgIpc) is 2.07. The van der Waals surface area contributed by atoms with E-state index in [1.165, 1.54) is 0 Å². The van der Waals surface area contributed by atoms with Gasteiger partial charge in [0.05, 0.1) is 16.9 Å². The molecule has 3 nitrogen and oxygen atoms in total. The molecule has 1 atom stereocenters. The van der Waals surface area contributed by atoms with Crippen LogP contribution in [0.4, 0.5) is 0 Å². The minimum Gasteiger partial charge on any atom is -0.252 e. The van der Waals surface area contributed by atoms with Crippen molar-refractivity contribution >= 4 is 10.8 Å². The normalized spacial score (nSPS) is 11.9. The van der Waals surface area contributed by atoms with Gasteiger partial charge >= 0.3 is 0 Å². The standard InChI is InChI=1S/C7H6N2OS/c8-4-6-11(10)7-3-1-2-5-9-7/h1-3,5H,6H2/t11-/m1/s1. The summed E-state index contributed by atoms with van der Waals surface area (Å²) < 4.78 is 11.1. The highest BCUT2D eigenvalue weighted by molar-refractivity contribution is 7.85. The van der Waals surface area contributed by atoms with Gasteiger partial charge in [-0.2, -0.15) is 5.26 Å². The first kappa shape index (κ1) is 7.89. The van der Waals surface area contributed by atoms with Crippen molar-refractivity contribution < 1.29 is 4.21 Å². The van der Waals surface area contributed by atoms with Crippen LogP contribution in [0, 0.1) is 11.3 Å². The summed E-state index contributed by atoms with van der Waals surface area (Å²) in [7, 11) is -1.26. The highest BCUT2D eigenvalue weighted by Crippen LogP contribution is 1.99. The van der Waals surface area contributed by atoms with Crippen LogP contribution in [0.25, 0.3) is 0 Å². The van der Waals surface area contributed by atoms with Crippen LogP contribution in [0.2, 0.25) is 0 Å². The van der Waals surface area contributed by atoms with Crippen molar-refractivity contribution in [2.45, 2.75) is 5.03 Å². The van der Waals surface area contributed by atoms with Crippen LogP contribution in [0.3, 0.4) is 0 Å². The molecule has 0 aromatic carbocycles. The van der Waals surface area contributed by atoms with Gasteiger partial charge in [-0.3, -0.25) is 4.21 Å². The molecule has 0 bridgehead atoms. The van der Waals surface area contributed by atoms with Crippen LogP contribution in [0.15, 0.2) is 29.4 Å². The van der Waals surface area contributed by atoms with E-state index < -0.39 is 10.8 Å². The summed E-state index contributed by atoms with van der Waals surface area (Å²) in [6, 6.07) is 6.96. The summed E-state index contributed by atoms with van der Waals surface area (Å²) in [5.41, 5.74) is 0. The summed E-state index contributed by atoms with van der Waals surface area (Å²) >= 11 is 0. The fourth-order valence-corrected chi connectivity index (χ4v) is 1.29. The average molecular weight is 166 g/mol. The van der Waals surface area contributed by atoms with E-state index in [0.29, 0.717) is 5.03 Å². The lowest BCUT2D eigenvalue weighted by Crippen LogP contribution is -1.97. The van der Waals surface area contributed by atoms with Gasteiger partial charge in [-0.1, -0.05) is 6.07 Å². The Kier molecular flexibility index (Phi) is 2.75. The molecule has 0 aliphatic heterocycles. The number of aromatic nitrogens is 1. The van der Waals surface area contributed by atoms with Crippen LogP contribution in [-0.4, -0.2) is 14.9 Å². The van der Waals surface area contributed by atoms with Gasteiger partial charge in [0.2, 0.25) is 0 Å². The van der Waals surface area contributed by atoms with Gasteiger partial charge in [-0.25, -0.2) is 4.98 Å². The number of hydrogen-bond donors (Lipinski definition) is 0. The Morgan fingerprint density at radius 1 is 1.64 bits per heavy atom. The molecule has 0 radical (unpaired) electrons. The third-order valence-corrected chi connectivity index (χ3v) is 2.17. The zero-order chi connectivity index (χ0) is 8.10. The molecule has 0 aliphatic rings. The summed E-state index contributed by atoms with van der Waals surface area (Å²) in [6.45, 7) is 0. The van der Waals surface area contributed by atoms with Crippen molar-refractivity contribution in [3.8, 4) is 6.07 Å². The number of hydrogen-bond acceptors (Lipinski definition) is 3. The predicted octanol–water partition coefficient (Wildman–Crippen LogP) is 0.713. The first-order valence-corrected chi connectivity index (χ1v) is 4.33. The molecule has 0 saturated heterocycles. The minimum absolute atomic E-state index is 0.0109. The van der Waals surface area contributed by atoms with Crippen LogP contribution >= 0.6 is 0 Å². The molecule has 0 saturated carbocycles. The molecule has 56 valence electrons. The van der Waals surface area contributed by atoms with E-state index in [2.05, 4.69) is 4.98 Å². The van der Waals surface area contributed by atoms with E-state index in [-0.39, 0.29) is 5.75 Å². The third kappa shape index (κ3) is 2.13. The molecular weight excluding hydrogens is 160 g/mol. The topological polar surface area (TPSA) is 53.8 Å². The van der Waals surface area contributed by atoms with E-state index >= 15 is 0 Å². The van der Waals surface area contributed by atoms with Crippen molar-refractivity contribution in [1.29, 1.82) is 5.26 Å². The maximum atomic E-state index is 11.1. The zero-order valence-corrected chi connectivity index (χ0v) is 6.54. The molecule has 1 aromatic rings. The first-order chi connectivity index (χ1) is 5.34. The Balaban J connectivity index is 2.79. The summed E-state index contributed by atoms with van der Waals surface area (Å²) in [5, 5.41) is 8.69. The van der Waals surface area contributed by atoms with Gasteiger partial charge in [-0.15, -0.1) is 0 Å². The lowest BCUT2D eigenvalue weighted by Gasteiger charge is -1.92. The molecule has 0 fully saturated rings. The van der Waals surface area contributed by atoms with Crippen LogP contribution in [0.5, 0.6) is 0 Å². The van der Waals surface area contributed by atoms with Crippen molar-refractivity contribution in [2.24, 2.45) is 0 Å². The maximum Gasteiger partial charge on any atom is 0.128 e. The Morgan fingerprint density at radius 2 is 2.45 bits per heavy atom. The zero-order valence-electron chi connectivity index (χ0n) is 5.73. The van der Waals surface area contributed by atoms with Gasteiger partial charge in [0.25, 0.3) is 0 Å². The Labute approximate surface area is 67.1 Å².